The summed E-state index contributed by atoms with van der Waals surface area (Å²) in [7, 11) is 0. The van der Waals surface area contributed by atoms with Crippen molar-refractivity contribution in [2.75, 3.05) is 13.1 Å². The number of piperidine rings is 1. The molecule has 116 valence electrons. The molecule has 21 heavy (non-hydrogen) atoms. The molecule has 1 aliphatic carbocycles. The van der Waals surface area contributed by atoms with Gasteiger partial charge in [0, 0.05) is 18.4 Å². The van der Waals surface area contributed by atoms with E-state index in [-0.39, 0.29) is 6.04 Å². The van der Waals surface area contributed by atoms with Crippen LogP contribution < -0.4 is 5.73 Å². The van der Waals surface area contributed by atoms with E-state index in [0.717, 1.165) is 6.42 Å². The highest BCUT2D eigenvalue weighted by Crippen LogP contribution is 2.47. The molecule has 2 aliphatic rings. The molecule has 1 aromatic rings. The van der Waals surface area contributed by atoms with E-state index in [0.29, 0.717) is 11.5 Å². The predicted octanol–water partition coefficient (Wildman–Crippen LogP) is 3.52. The van der Waals surface area contributed by atoms with Gasteiger partial charge < -0.3 is 5.73 Å². The van der Waals surface area contributed by atoms with Crippen LogP contribution in [0.25, 0.3) is 0 Å². The summed E-state index contributed by atoms with van der Waals surface area (Å²) >= 11 is 0. The Morgan fingerprint density at radius 3 is 2.52 bits per heavy atom. The zero-order chi connectivity index (χ0) is 14.7. The minimum absolute atomic E-state index is 0.201. The van der Waals surface area contributed by atoms with Gasteiger partial charge in [-0.2, -0.15) is 0 Å². The first-order valence-corrected chi connectivity index (χ1v) is 8.64. The van der Waals surface area contributed by atoms with Gasteiger partial charge in [0.05, 0.1) is 6.04 Å². The summed E-state index contributed by atoms with van der Waals surface area (Å²) in [5.41, 5.74) is 8.41. The molecule has 1 spiro atoms. The fourth-order valence-electron chi connectivity index (χ4n) is 4.40. The van der Waals surface area contributed by atoms with Gasteiger partial charge in [0.1, 0.15) is 0 Å². The Labute approximate surface area is 128 Å². The lowest BCUT2D eigenvalue weighted by atomic mass is 9.76. The number of aromatic nitrogens is 1. The van der Waals surface area contributed by atoms with Crippen molar-refractivity contribution in [1.29, 1.82) is 0 Å². The van der Waals surface area contributed by atoms with Crippen molar-refractivity contribution in [2.24, 2.45) is 11.1 Å². The van der Waals surface area contributed by atoms with Gasteiger partial charge in [-0.25, -0.2) is 0 Å². The minimum Gasteiger partial charge on any atom is -0.326 e. The Morgan fingerprint density at radius 1 is 1.24 bits per heavy atom. The van der Waals surface area contributed by atoms with E-state index in [1.807, 2.05) is 18.5 Å². The lowest BCUT2D eigenvalue weighted by Gasteiger charge is -2.44. The smallest absolute Gasteiger partial charge is 0.0514 e. The Kier molecular flexibility index (Phi) is 4.60. The molecule has 1 saturated heterocycles. The number of nitrogens with two attached hydrogens (primary N) is 1. The third-order valence-corrected chi connectivity index (χ3v) is 5.82. The van der Waals surface area contributed by atoms with Crippen molar-refractivity contribution < 1.29 is 0 Å². The molecule has 0 aromatic carbocycles. The van der Waals surface area contributed by atoms with Gasteiger partial charge in [-0.3, -0.25) is 9.88 Å². The number of likely N-dealkylation sites (tertiary alicyclic amines) is 1. The first-order chi connectivity index (χ1) is 10.2. The topological polar surface area (TPSA) is 42.1 Å². The molecule has 3 rings (SSSR count). The lowest BCUT2D eigenvalue weighted by molar-refractivity contribution is 0.0649. The number of rotatable bonds is 4. The highest BCUT2D eigenvalue weighted by atomic mass is 15.2. The van der Waals surface area contributed by atoms with Crippen LogP contribution in [0, 0.1) is 5.41 Å². The first kappa shape index (κ1) is 15.0. The molecule has 0 bridgehead atoms. The van der Waals surface area contributed by atoms with Crippen LogP contribution in [0.4, 0.5) is 0 Å². The van der Waals surface area contributed by atoms with Crippen LogP contribution >= 0.6 is 0 Å². The van der Waals surface area contributed by atoms with E-state index < -0.39 is 0 Å². The second-order valence-corrected chi connectivity index (χ2v) is 7.05. The molecule has 2 atom stereocenters. The maximum atomic E-state index is 6.46. The van der Waals surface area contributed by atoms with Crippen LogP contribution in [0.1, 0.15) is 63.5 Å². The number of pyridine rings is 1. The van der Waals surface area contributed by atoms with Crippen molar-refractivity contribution >= 4 is 0 Å². The summed E-state index contributed by atoms with van der Waals surface area (Å²) in [6, 6.07) is 4.76. The normalized spacial score (nSPS) is 25.0. The van der Waals surface area contributed by atoms with Gasteiger partial charge in [-0.1, -0.05) is 25.8 Å². The molecule has 2 N–H and O–H groups in total. The number of hydrogen-bond donors (Lipinski definition) is 1. The third-order valence-electron chi connectivity index (χ3n) is 5.82. The molecule has 1 aliphatic heterocycles. The van der Waals surface area contributed by atoms with Crippen molar-refractivity contribution in [3.63, 3.8) is 0 Å². The summed E-state index contributed by atoms with van der Waals surface area (Å²) in [5, 5.41) is 0. The van der Waals surface area contributed by atoms with Gasteiger partial charge in [-0.15, -0.1) is 0 Å². The Bertz CT molecular complexity index is 429. The van der Waals surface area contributed by atoms with Crippen LogP contribution in [-0.4, -0.2) is 29.0 Å². The molecule has 2 unspecified atom stereocenters. The second kappa shape index (κ2) is 6.45. The van der Waals surface area contributed by atoms with Crippen molar-refractivity contribution in [1.82, 2.24) is 9.88 Å². The molecule has 0 radical (unpaired) electrons. The van der Waals surface area contributed by atoms with Gasteiger partial charge >= 0.3 is 0 Å². The quantitative estimate of drug-likeness (QED) is 0.921. The molecule has 2 fully saturated rings. The first-order valence-electron chi connectivity index (χ1n) is 8.64. The van der Waals surface area contributed by atoms with Crippen LogP contribution in [-0.2, 0) is 0 Å². The molecule has 3 heteroatoms. The van der Waals surface area contributed by atoms with Crippen molar-refractivity contribution in [3.05, 3.63) is 30.1 Å². The monoisotopic (exact) mass is 287 g/mol. The highest BCUT2D eigenvalue weighted by Gasteiger charge is 2.39. The molecular formula is C18H29N3. The van der Waals surface area contributed by atoms with Crippen LogP contribution in [0.2, 0.25) is 0 Å². The van der Waals surface area contributed by atoms with Crippen molar-refractivity contribution in [3.8, 4) is 0 Å². The Morgan fingerprint density at radius 2 is 1.95 bits per heavy atom. The van der Waals surface area contributed by atoms with E-state index in [9.17, 15) is 0 Å². The van der Waals surface area contributed by atoms with E-state index in [4.69, 9.17) is 5.73 Å². The zero-order valence-electron chi connectivity index (χ0n) is 13.3. The fourth-order valence-corrected chi connectivity index (χ4v) is 4.40. The van der Waals surface area contributed by atoms with Crippen LogP contribution in [0.3, 0.4) is 0 Å². The maximum Gasteiger partial charge on any atom is 0.0514 e. The Balaban J connectivity index is 1.73. The molecule has 0 amide bonds. The third kappa shape index (κ3) is 3.14. The Hall–Kier alpha value is -0.930. The maximum absolute atomic E-state index is 6.46. The summed E-state index contributed by atoms with van der Waals surface area (Å²) in [4.78, 5) is 6.93. The van der Waals surface area contributed by atoms with Crippen molar-refractivity contribution in [2.45, 2.75) is 64.0 Å². The average Bonchev–Trinajstić information content (AvgIpc) is 2.99. The fraction of sp³-hybridized carbons (Fsp3) is 0.722. The predicted molar refractivity (Wildman–Crippen MR) is 87.0 cm³/mol. The van der Waals surface area contributed by atoms with Crippen LogP contribution in [0.5, 0.6) is 0 Å². The lowest BCUT2D eigenvalue weighted by Crippen LogP contribution is -2.46. The number of hydrogen-bond acceptors (Lipinski definition) is 3. The molecule has 1 aromatic heterocycles. The summed E-state index contributed by atoms with van der Waals surface area (Å²) < 4.78 is 0. The van der Waals surface area contributed by atoms with E-state index in [1.165, 1.54) is 57.2 Å². The summed E-state index contributed by atoms with van der Waals surface area (Å²) in [6.07, 6.45) is 13.4. The summed E-state index contributed by atoms with van der Waals surface area (Å²) in [6.45, 7) is 4.59. The van der Waals surface area contributed by atoms with E-state index >= 15 is 0 Å². The van der Waals surface area contributed by atoms with Gasteiger partial charge in [0.25, 0.3) is 0 Å². The second-order valence-electron chi connectivity index (χ2n) is 7.05. The molecule has 3 nitrogen and oxygen atoms in total. The van der Waals surface area contributed by atoms with Gasteiger partial charge in [0.2, 0.25) is 0 Å². The zero-order valence-corrected chi connectivity index (χ0v) is 13.3. The highest BCUT2D eigenvalue weighted by molar-refractivity contribution is 5.17. The van der Waals surface area contributed by atoms with Gasteiger partial charge in [0.15, 0.2) is 0 Å². The number of nitrogens with zero attached hydrogens (tertiary/aromatic N) is 2. The van der Waals surface area contributed by atoms with Crippen LogP contribution in [0.15, 0.2) is 24.5 Å². The SMILES string of the molecule is CCC(N)C(c1cccnc1)N1CCC2(CCCC2)CC1. The minimum atomic E-state index is 0.201. The molecular weight excluding hydrogens is 258 g/mol. The largest absolute Gasteiger partial charge is 0.326 e. The standard InChI is InChI=1S/C18H29N3/c1-2-16(19)17(15-6-5-11-20-14-15)21-12-9-18(10-13-21)7-3-4-8-18/h5-6,11,14,16-17H,2-4,7-10,12-13,19H2,1H3. The average molecular weight is 287 g/mol. The van der Waals surface area contributed by atoms with E-state index in [1.54, 1.807) is 0 Å². The molecule has 2 heterocycles. The van der Waals surface area contributed by atoms with E-state index in [2.05, 4.69) is 22.9 Å². The summed E-state index contributed by atoms with van der Waals surface area (Å²) in [5.74, 6) is 0. The van der Waals surface area contributed by atoms with Gasteiger partial charge in [-0.05, 0) is 62.2 Å². The molecule has 1 saturated carbocycles.